The molecule has 0 amide bonds. The molecule has 0 heterocycles. The van der Waals surface area contributed by atoms with Crippen LogP contribution in [-0.4, -0.2) is 21.9 Å². The van der Waals surface area contributed by atoms with Gasteiger partial charge in [-0.3, -0.25) is 0 Å². The molecule has 3 rings (SSSR count). The van der Waals surface area contributed by atoms with Crippen LogP contribution in [0.15, 0.2) is 22.7 Å². The SMILES string of the molecule is CCOC(=O)[C@]1(N[S@@+]([O-])C(C)(C)C)c2cc(Br)ccc2C[C@]12CC[C@@H](C)[C@H](CC)C2. The number of esters is 1. The second-order valence-electron chi connectivity index (χ2n) is 10.1. The first-order valence-corrected chi connectivity index (χ1v) is 13.1. The molecule has 5 atom stereocenters. The van der Waals surface area contributed by atoms with Crippen molar-refractivity contribution in [1.82, 2.24) is 4.72 Å². The van der Waals surface area contributed by atoms with Crippen LogP contribution in [0.2, 0.25) is 0 Å². The van der Waals surface area contributed by atoms with Crippen LogP contribution in [0.5, 0.6) is 0 Å². The molecule has 0 unspecified atom stereocenters. The van der Waals surface area contributed by atoms with Gasteiger partial charge in [-0.25, -0.2) is 4.79 Å². The number of benzene rings is 1. The number of carbonyl (C=O) groups excluding carboxylic acids is 1. The van der Waals surface area contributed by atoms with Gasteiger partial charge in [0.25, 0.3) is 0 Å². The van der Waals surface area contributed by atoms with Crippen LogP contribution < -0.4 is 4.72 Å². The minimum Gasteiger partial charge on any atom is -0.598 e. The van der Waals surface area contributed by atoms with Crippen molar-refractivity contribution < 1.29 is 14.1 Å². The molecule has 2 aliphatic rings. The predicted octanol–water partition coefficient (Wildman–Crippen LogP) is 5.65. The second-order valence-corrected chi connectivity index (χ2v) is 13.0. The zero-order valence-corrected chi connectivity index (χ0v) is 21.5. The van der Waals surface area contributed by atoms with E-state index in [2.05, 4.69) is 40.6 Å². The van der Waals surface area contributed by atoms with Gasteiger partial charge >= 0.3 is 5.97 Å². The molecule has 6 heteroatoms. The maximum Gasteiger partial charge on any atom is 0.336 e. The van der Waals surface area contributed by atoms with Gasteiger partial charge in [0, 0.05) is 21.2 Å². The molecule has 1 fully saturated rings. The van der Waals surface area contributed by atoms with Gasteiger partial charge in [0.15, 0.2) is 5.54 Å². The van der Waals surface area contributed by atoms with Crippen LogP contribution in [0.1, 0.15) is 78.4 Å². The standard InChI is InChI=1S/C24H36BrNO3S/c1-7-17-14-23(12-11-16(17)3)15-18-9-10-19(25)13-20(18)24(23,21(27)29-8-2)26-30(28)22(4,5)6/h9-10,13,16-17,26H,7-8,11-12,14-15H2,1-6H3/t16-,17-,23-,24-,30+/m1/s1. The van der Waals surface area contributed by atoms with Crippen LogP contribution in [0.25, 0.3) is 0 Å². The van der Waals surface area contributed by atoms with E-state index in [-0.39, 0.29) is 11.4 Å². The van der Waals surface area contributed by atoms with Gasteiger partial charge in [-0.1, -0.05) is 42.3 Å². The molecule has 1 spiro atoms. The van der Waals surface area contributed by atoms with E-state index >= 15 is 0 Å². The van der Waals surface area contributed by atoms with Gasteiger partial charge in [-0.05, 0) is 88.5 Å². The maximum atomic E-state index is 13.8. The highest BCUT2D eigenvalue weighted by Gasteiger charge is 2.67. The molecule has 0 radical (unpaired) electrons. The number of halogens is 1. The third-order valence-electron chi connectivity index (χ3n) is 7.24. The van der Waals surface area contributed by atoms with E-state index in [4.69, 9.17) is 4.74 Å². The van der Waals surface area contributed by atoms with Gasteiger partial charge < -0.3 is 9.29 Å². The molecular formula is C24H36BrNO3S. The van der Waals surface area contributed by atoms with Gasteiger partial charge in [-0.15, -0.1) is 4.72 Å². The Hall–Kier alpha value is -0.560. The van der Waals surface area contributed by atoms with Crippen LogP contribution in [-0.2, 0) is 32.9 Å². The van der Waals surface area contributed by atoms with Crippen molar-refractivity contribution >= 4 is 33.3 Å². The van der Waals surface area contributed by atoms with E-state index in [0.717, 1.165) is 47.7 Å². The average Bonchev–Trinajstić information content (AvgIpc) is 2.93. The summed E-state index contributed by atoms with van der Waals surface area (Å²) in [5, 5.41) is 0. The third-order valence-corrected chi connectivity index (χ3v) is 9.34. The first-order chi connectivity index (χ1) is 14.0. The maximum absolute atomic E-state index is 13.8. The van der Waals surface area contributed by atoms with Crippen molar-refractivity contribution in [2.45, 2.75) is 83.9 Å². The second kappa shape index (κ2) is 8.76. The van der Waals surface area contributed by atoms with Crippen molar-refractivity contribution in [1.29, 1.82) is 0 Å². The van der Waals surface area contributed by atoms with Gasteiger partial charge in [0.05, 0.1) is 6.61 Å². The fourth-order valence-electron chi connectivity index (χ4n) is 5.49. The molecule has 1 aromatic carbocycles. The van der Waals surface area contributed by atoms with Crippen molar-refractivity contribution in [3.63, 3.8) is 0 Å². The molecule has 2 aliphatic carbocycles. The zero-order chi connectivity index (χ0) is 22.3. The highest BCUT2D eigenvalue weighted by molar-refractivity contribution is 9.10. The Kier molecular flexibility index (Phi) is 7.03. The van der Waals surface area contributed by atoms with Crippen molar-refractivity contribution in [3.8, 4) is 0 Å². The minimum atomic E-state index is -1.42. The minimum absolute atomic E-state index is 0.288. The lowest BCUT2D eigenvalue weighted by atomic mass is 9.57. The van der Waals surface area contributed by atoms with Crippen molar-refractivity contribution in [3.05, 3.63) is 33.8 Å². The Labute approximate surface area is 193 Å². The van der Waals surface area contributed by atoms with Crippen LogP contribution in [0.3, 0.4) is 0 Å². The largest absolute Gasteiger partial charge is 0.598 e. The molecule has 4 nitrogen and oxygen atoms in total. The summed E-state index contributed by atoms with van der Waals surface area (Å²) in [6.45, 7) is 12.5. The number of hydrogen-bond donors (Lipinski definition) is 1. The van der Waals surface area contributed by atoms with E-state index in [9.17, 15) is 9.35 Å². The predicted molar refractivity (Wildman–Crippen MR) is 126 cm³/mol. The third kappa shape index (κ3) is 3.98. The van der Waals surface area contributed by atoms with Crippen LogP contribution in [0.4, 0.5) is 0 Å². The number of fused-ring (bicyclic) bond motifs is 1. The highest BCUT2D eigenvalue weighted by atomic mass is 79.9. The summed E-state index contributed by atoms with van der Waals surface area (Å²) < 4.78 is 23.0. The lowest BCUT2D eigenvalue weighted by molar-refractivity contribution is -0.159. The van der Waals surface area contributed by atoms with Crippen molar-refractivity contribution in [2.75, 3.05) is 6.61 Å². The normalized spacial score (nSPS) is 32.1. The molecule has 168 valence electrons. The molecule has 0 aliphatic heterocycles. The summed E-state index contributed by atoms with van der Waals surface area (Å²) in [5.74, 6) is 0.878. The smallest absolute Gasteiger partial charge is 0.336 e. The van der Waals surface area contributed by atoms with Gasteiger partial charge in [-0.2, -0.15) is 0 Å². The highest BCUT2D eigenvalue weighted by Crippen LogP contribution is 2.61. The number of nitrogens with one attached hydrogen (secondary N) is 1. The first-order valence-electron chi connectivity index (χ1n) is 11.2. The molecule has 0 bridgehead atoms. The number of rotatable bonds is 5. The Morgan fingerprint density at radius 3 is 2.67 bits per heavy atom. The van der Waals surface area contributed by atoms with Gasteiger partial charge in [0.1, 0.15) is 4.75 Å². The Morgan fingerprint density at radius 2 is 2.07 bits per heavy atom. The van der Waals surface area contributed by atoms with Crippen molar-refractivity contribution in [2.24, 2.45) is 17.3 Å². The lowest BCUT2D eigenvalue weighted by Gasteiger charge is -2.50. The quantitative estimate of drug-likeness (QED) is 0.421. The Morgan fingerprint density at radius 1 is 1.37 bits per heavy atom. The monoisotopic (exact) mass is 497 g/mol. The Bertz CT molecular complexity index is 795. The topological polar surface area (TPSA) is 61.4 Å². The van der Waals surface area contributed by atoms with E-state index < -0.39 is 21.6 Å². The summed E-state index contributed by atoms with van der Waals surface area (Å²) >= 11 is 2.18. The summed E-state index contributed by atoms with van der Waals surface area (Å²) in [7, 11) is 0. The summed E-state index contributed by atoms with van der Waals surface area (Å²) in [5.41, 5.74) is 0.649. The summed E-state index contributed by atoms with van der Waals surface area (Å²) in [4.78, 5) is 13.8. The average molecular weight is 499 g/mol. The molecular weight excluding hydrogens is 462 g/mol. The number of hydrogen-bond acceptors (Lipinski definition) is 4. The Balaban J connectivity index is 2.23. The van der Waals surface area contributed by atoms with Gasteiger partial charge in [0.2, 0.25) is 0 Å². The lowest BCUT2D eigenvalue weighted by Crippen LogP contribution is -2.64. The van der Waals surface area contributed by atoms with E-state index in [0.29, 0.717) is 18.4 Å². The molecule has 30 heavy (non-hydrogen) atoms. The van der Waals surface area contributed by atoms with Crippen LogP contribution >= 0.6 is 15.9 Å². The molecule has 1 saturated carbocycles. The van der Waals surface area contributed by atoms with E-state index in [1.807, 2.05) is 39.8 Å². The number of ether oxygens (including phenoxy) is 1. The number of carbonyl (C=O) groups is 1. The molecule has 1 N–H and O–H groups in total. The fraction of sp³-hybridized carbons (Fsp3) is 0.708. The molecule has 0 saturated heterocycles. The molecule has 0 aromatic heterocycles. The zero-order valence-electron chi connectivity index (χ0n) is 19.1. The molecule has 1 aromatic rings. The summed E-state index contributed by atoms with van der Waals surface area (Å²) in [6.07, 6.45) is 4.82. The fourth-order valence-corrected chi connectivity index (χ4v) is 6.85. The van der Waals surface area contributed by atoms with Crippen LogP contribution in [0, 0.1) is 17.3 Å². The van der Waals surface area contributed by atoms with E-state index in [1.54, 1.807) is 0 Å². The van der Waals surface area contributed by atoms with E-state index in [1.165, 1.54) is 0 Å². The summed E-state index contributed by atoms with van der Waals surface area (Å²) in [6, 6.07) is 6.19. The first kappa shape index (κ1) is 24.1.